The number of rotatable bonds is 7. The van der Waals surface area contributed by atoms with E-state index in [4.69, 9.17) is 27.9 Å². The number of fused-ring (bicyclic) bond motifs is 1. The van der Waals surface area contributed by atoms with E-state index in [0.29, 0.717) is 28.1 Å². The second kappa shape index (κ2) is 9.91. The van der Waals surface area contributed by atoms with Crippen molar-refractivity contribution in [3.05, 3.63) is 70.7 Å². The number of nitrogens with zero attached hydrogens (tertiary/aromatic N) is 4. The number of likely N-dealkylation sites (tertiary alicyclic amines) is 1. The topological polar surface area (TPSA) is 63.2 Å². The third-order valence-corrected chi connectivity index (χ3v) is 6.32. The van der Waals surface area contributed by atoms with Crippen LogP contribution in [0.5, 0.6) is 5.75 Å². The van der Waals surface area contributed by atoms with Gasteiger partial charge in [0.05, 0.1) is 5.52 Å². The van der Waals surface area contributed by atoms with Crippen molar-refractivity contribution in [1.82, 2.24) is 20.1 Å². The van der Waals surface area contributed by atoms with Gasteiger partial charge in [0.25, 0.3) is 0 Å². The van der Waals surface area contributed by atoms with E-state index in [0.717, 1.165) is 34.6 Å². The molecular formula is C25H23Cl2N5O. The number of nitrogens with one attached hydrogen (secondary N) is 1. The molecule has 1 aliphatic rings. The van der Waals surface area contributed by atoms with E-state index in [9.17, 15) is 0 Å². The Morgan fingerprint density at radius 3 is 2.39 bits per heavy atom. The fourth-order valence-corrected chi connectivity index (χ4v) is 4.60. The Hall–Kier alpha value is -2.93. The van der Waals surface area contributed by atoms with Crippen molar-refractivity contribution in [2.24, 2.45) is 0 Å². The molecule has 0 atom stereocenters. The summed E-state index contributed by atoms with van der Waals surface area (Å²) in [4.78, 5) is 7.02. The van der Waals surface area contributed by atoms with Crippen molar-refractivity contribution < 1.29 is 4.74 Å². The molecule has 6 nitrogen and oxygen atoms in total. The van der Waals surface area contributed by atoms with Gasteiger partial charge in [0.15, 0.2) is 0 Å². The Labute approximate surface area is 202 Å². The Morgan fingerprint density at radius 2 is 1.64 bits per heavy atom. The average molecular weight is 480 g/mol. The lowest BCUT2D eigenvalue weighted by molar-refractivity contribution is 0.238. The van der Waals surface area contributed by atoms with Crippen molar-refractivity contribution in [3.8, 4) is 16.9 Å². The van der Waals surface area contributed by atoms with Gasteiger partial charge in [0, 0.05) is 27.8 Å². The van der Waals surface area contributed by atoms with E-state index < -0.39 is 0 Å². The highest BCUT2D eigenvalue weighted by Crippen LogP contribution is 2.35. The molecule has 1 aromatic heterocycles. The van der Waals surface area contributed by atoms with Gasteiger partial charge in [-0.1, -0.05) is 35.3 Å². The lowest BCUT2D eigenvalue weighted by atomic mass is 10.0. The van der Waals surface area contributed by atoms with Crippen molar-refractivity contribution in [3.63, 3.8) is 0 Å². The minimum Gasteiger partial charge on any atom is -0.492 e. The molecule has 2 heterocycles. The van der Waals surface area contributed by atoms with Crippen LogP contribution in [0.4, 0.5) is 11.6 Å². The van der Waals surface area contributed by atoms with E-state index >= 15 is 0 Å². The molecular weight excluding hydrogens is 457 g/mol. The lowest BCUT2D eigenvalue weighted by Gasteiger charge is -2.15. The van der Waals surface area contributed by atoms with Crippen LogP contribution < -0.4 is 10.1 Å². The van der Waals surface area contributed by atoms with Gasteiger partial charge < -0.3 is 10.1 Å². The molecule has 0 spiro atoms. The first-order chi connectivity index (χ1) is 16.2. The number of halogens is 2. The number of anilines is 2. The zero-order valence-electron chi connectivity index (χ0n) is 18.0. The highest BCUT2D eigenvalue weighted by Gasteiger charge is 2.12. The number of benzene rings is 3. The minimum absolute atomic E-state index is 0.425. The minimum atomic E-state index is 0.425. The summed E-state index contributed by atoms with van der Waals surface area (Å²) < 4.78 is 5.86. The molecule has 0 unspecified atom stereocenters. The maximum absolute atomic E-state index is 6.34. The van der Waals surface area contributed by atoms with Gasteiger partial charge in [-0.15, -0.1) is 10.2 Å². The Morgan fingerprint density at radius 1 is 0.879 bits per heavy atom. The number of hydrogen-bond donors (Lipinski definition) is 1. The highest BCUT2D eigenvalue weighted by molar-refractivity contribution is 6.39. The summed E-state index contributed by atoms with van der Waals surface area (Å²) in [6, 6.07) is 18.9. The van der Waals surface area contributed by atoms with Crippen LogP contribution in [-0.4, -0.2) is 46.3 Å². The van der Waals surface area contributed by atoms with E-state index in [1.807, 2.05) is 60.7 Å². The van der Waals surface area contributed by atoms with Crippen molar-refractivity contribution in [1.29, 1.82) is 0 Å². The van der Waals surface area contributed by atoms with Crippen molar-refractivity contribution in [2.75, 3.05) is 31.6 Å². The Balaban J connectivity index is 1.25. The highest BCUT2D eigenvalue weighted by atomic mass is 35.5. The molecule has 0 amide bonds. The van der Waals surface area contributed by atoms with Gasteiger partial charge in [-0.25, -0.2) is 4.98 Å². The van der Waals surface area contributed by atoms with Crippen molar-refractivity contribution in [2.45, 2.75) is 12.8 Å². The summed E-state index contributed by atoms with van der Waals surface area (Å²) in [5.74, 6) is 1.27. The number of aromatic nitrogens is 3. The van der Waals surface area contributed by atoms with Crippen LogP contribution in [0.15, 0.2) is 60.7 Å². The SMILES string of the molecule is Clc1cccc(Cl)c1-c1ccc2nc(Nc3ccc(OCCN4CCCC4)cc3)nnc2c1. The first kappa shape index (κ1) is 21.9. The van der Waals surface area contributed by atoms with Crippen LogP contribution in [0.2, 0.25) is 10.0 Å². The van der Waals surface area contributed by atoms with Crippen molar-refractivity contribution >= 4 is 45.9 Å². The number of ether oxygens (including phenoxy) is 1. The summed E-state index contributed by atoms with van der Waals surface area (Å²) in [7, 11) is 0. The predicted octanol–water partition coefficient (Wildman–Crippen LogP) is 6.22. The first-order valence-corrected chi connectivity index (χ1v) is 11.7. The predicted molar refractivity (Wildman–Crippen MR) is 134 cm³/mol. The van der Waals surface area contributed by atoms with E-state index in [1.54, 1.807) is 0 Å². The fourth-order valence-electron chi connectivity index (χ4n) is 3.98. The van der Waals surface area contributed by atoms with E-state index in [-0.39, 0.29) is 0 Å². The first-order valence-electron chi connectivity index (χ1n) is 11.0. The standard InChI is InChI=1S/C25H23Cl2N5O/c26-20-4-3-5-21(27)24(20)17-6-11-22-23(16-17)30-31-25(29-22)28-18-7-9-19(10-8-18)33-15-14-32-12-1-2-13-32/h3-11,16H,1-2,12-15H2,(H,28,29,31). The van der Waals surface area contributed by atoms with Gasteiger partial charge in [-0.2, -0.15) is 0 Å². The van der Waals surface area contributed by atoms with Gasteiger partial charge in [0.1, 0.15) is 17.9 Å². The van der Waals surface area contributed by atoms with Gasteiger partial charge in [-0.05, 0) is 80.0 Å². The third kappa shape index (κ3) is 5.19. The van der Waals surface area contributed by atoms with Crippen LogP contribution in [-0.2, 0) is 0 Å². The Kier molecular flexibility index (Phi) is 6.58. The molecule has 8 heteroatoms. The van der Waals surface area contributed by atoms with E-state index in [2.05, 4.69) is 25.4 Å². The zero-order chi connectivity index (χ0) is 22.6. The summed E-state index contributed by atoms with van der Waals surface area (Å²) in [5, 5.41) is 12.9. The number of hydrogen-bond acceptors (Lipinski definition) is 6. The second-order valence-electron chi connectivity index (χ2n) is 7.98. The monoisotopic (exact) mass is 479 g/mol. The molecule has 168 valence electrons. The van der Waals surface area contributed by atoms with E-state index in [1.165, 1.54) is 25.9 Å². The van der Waals surface area contributed by atoms with Crippen LogP contribution in [0.3, 0.4) is 0 Å². The largest absolute Gasteiger partial charge is 0.492 e. The fraction of sp³-hybridized carbons (Fsp3) is 0.240. The second-order valence-corrected chi connectivity index (χ2v) is 8.80. The average Bonchev–Trinajstić information content (AvgIpc) is 3.34. The van der Waals surface area contributed by atoms with Crippen LogP contribution >= 0.6 is 23.2 Å². The summed E-state index contributed by atoms with van der Waals surface area (Å²) in [6.07, 6.45) is 2.59. The molecule has 0 radical (unpaired) electrons. The van der Waals surface area contributed by atoms with Crippen LogP contribution in [0.1, 0.15) is 12.8 Å². The molecule has 5 rings (SSSR count). The van der Waals surface area contributed by atoms with Gasteiger partial charge in [0.2, 0.25) is 5.95 Å². The summed E-state index contributed by atoms with van der Waals surface area (Å²) in [5.41, 5.74) is 3.89. The molecule has 1 aliphatic heterocycles. The molecule has 4 aromatic rings. The smallest absolute Gasteiger partial charge is 0.247 e. The molecule has 33 heavy (non-hydrogen) atoms. The lowest BCUT2D eigenvalue weighted by Crippen LogP contribution is -2.25. The molecule has 0 aliphatic carbocycles. The van der Waals surface area contributed by atoms with Crippen LogP contribution in [0.25, 0.3) is 22.2 Å². The quantitative estimate of drug-likeness (QED) is 0.339. The molecule has 1 saturated heterocycles. The maximum Gasteiger partial charge on any atom is 0.247 e. The normalized spacial score (nSPS) is 14.0. The zero-order valence-corrected chi connectivity index (χ0v) is 19.5. The Bertz CT molecular complexity index is 1240. The molecule has 1 fully saturated rings. The summed E-state index contributed by atoms with van der Waals surface area (Å²) >= 11 is 12.7. The molecule has 0 saturated carbocycles. The van der Waals surface area contributed by atoms with Gasteiger partial charge in [-0.3, -0.25) is 4.90 Å². The molecule has 3 aromatic carbocycles. The third-order valence-electron chi connectivity index (χ3n) is 5.69. The molecule has 0 bridgehead atoms. The summed E-state index contributed by atoms with van der Waals surface area (Å²) in [6.45, 7) is 4.04. The van der Waals surface area contributed by atoms with Gasteiger partial charge >= 0.3 is 0 Å². The van der Waals surface area contributed by atoms with Crippen LogP contribution in [0, 0.1) is 0 Å². The maximum atomic E-state index is 6.34. The molecule has 1 N–H and O–H groups in total.